The van der Waals surface area contributed by atoms with E-state index in [1.807, 2.05) is 0 Å². The first-order valence-corrected chi connectivity index (χ1v) is 4.98. The Kier molecular flexibility index (Phi) is 8.86. The van der Waals surface area contributed by atoms with Gasteiger partial charge in [-0.15, -0.1) is 0 Å². The summed E-state index contributed by atoms with van der Waals surface area (Å²) in [5, 5.41) is 0. The van der Waals surface area contributed by atoms with Crippen LogP contribution in [0.15, 0.2) is 0 Å². The van der Waals surface area contributed by atoms with E-state index in [1.54, 1.807) is 0 Å². The van der Waals surface area contributed by atoms with Crippen LogP contribution in [-0.4, -0.2) is 0 Å². The molecule has 0 aliphatic rings. The van der Waals surface area contributed by atoms with Crippen LogP contribution in [0.3, 0.4) is 0 Å². The molecule has 0 fully saturated rings. The first-order chi connectivity index (χ1) is 4.98. The molecular weight excluding hydrogens is 139 g/mol. The molecule has 12 heavy (non-hydrogen) atoms. The minimum Gasteiger partial charge on any atom is -1.00 e. The van der Waals surface area contributed by atoms with Crippen molar-refractivity contribution in [1.82, 2.24) is 0 Å². The second-order valence-corrected chi connectivity index (χ2v) is 4.76. The minimum atomic E-state index is 0. The smallest absolute Gasteiger partial charge is 1.00 e. The molecule has 0 aromatic heterocycles. The Morgan fingerprint density at radius 2 is 1.67 bits per heavy atom. The van der Waals surface area contributed by atoms with E-state index in [9.17, 15) is 0 Å². The van der Waals surface area contributed by atoms with Gasteiger partial charge in [-0.2, -0.15) is 0 Å². The summed E-state index contributed by atoms with van der Waals surface area (Å²) in [6, 6.07) is 0. The number of unbranched alkanes of at least 4 members (excludes halogenated alkanes) is 2. The van der Waals surface area contributed by atoms with E-state index in [-0.39, 0.29) is 20.3 Å². The van der Waals surface area contributed by atoms with E-state index in [2.05, 4.69) is 34.6 Å². The first kappa shape index (κ1) is 15.1. The maximum absolute atomic E-state index is 2.37. The summed E-state index contributed by atoms with van der Waals surface area (Å²) >= 11 is 0. The summed E-state index contributed by atoms with van der Waals surface area (Å²) in [6.07, 6.45) is 5.56. The maximum Gasteiger partial charge on any atom is 1.00 e. The Morgan fingerprint density at radius 3 is 2.00 bits per heavy atom. The van der Waals surface area contributed by atoms with Crippen molar-refractivity contribution >= 4 is 0 Å². The van der Waals surface area contributed by atoms with Gasteiger partial charge < -0.3 is 1.43 Å². The molecule has 0 spiro atoms. The Bertz CT molecular complexity index is 96.8. The predicted molar refractivity (Wildman–Crippen MR) is 53.9 cm³/mol. The van der Waals surface area contributed by atoms with Crippen LogP contribution >= 0.6 is 0 Å². The van der Waals surface area contributed by atoms with Crippen molar-refractivity contribution in [3.05, 3.63) is 0 Å². The van der Waals surface area contributed by atoms with Crippen LogP contribution in [0.5, 0.6) is 0 Å². The molecule has 1 unspecified atom stereocenters. The summed E-state index contributed by atoms with van der Waals surface area (Å²) in [5.41, 5.74) is 0.508. The van der Waals surface area contributed by atoms with Crippen LogP contribution in [0.2, 0.25) is 0 Å². The fraction of sp³-hybridized carbons (Fsp3) is 1.00. The van der Waals surface area contributed by atoms with Crippen molar-refractivity contribution in [2.75, 3.05) is 0 Å². The van der Waals surface area contributed by atoms with Crippen LogP contribution in [0, 0.1) is 11.3 Å². The molecule has 70 valence electrons. The summed E-state index contributed by atoms with van der Waals surface area (Å²) in [4.78, 5) is 0. The standard InChI is InChI=1S/C11H24.Li.H/c1-6-7-8-9-10(2)11(3,4)5;;/h10H,6-9H2,1-5H3;;/q;+1;-1. The van der Waals surface area contributed by atoms with E-state index in [1.165, 1.54) is 25.7 Å². The topological polar surface area (TPSA) is 0 Å². The normalized spacial score (nSPS) is 13.8. The van der Waals surface area contributed by atoms with Crippen LogP contribution in [0.4, 0.5) is 0 Å². The van der Waals surface area contributed by atoms with Crippen LogP contribution in [0.1, 0.15) is 61.7 Å². The fourth-order valence-corrected chi connectivity index (χ4v) is 1.13. The van der Waals surface area contributed by atoms with Gasteiger partial charge in [-0.3, -0.25) is 0 Å². The number of hydrogen-bond donors (Lipinski definition) is 0. The molecular formula is C11H25Li. The van der Waals surface area contributed by atoms with Crippen molar-refractivity contribution in [3.8, 4) is 0 Å². The summed E-state index contributed by atoms with van der Waals surface area (Å²) in [5.74, 6) is 0.869. The zero-order chi connectivity index (χ0) is 8.91. The average Bonchev–Trinajstić information content (AvgIpc) is 1.86. The van der Waals surface area contributed by atoms with E-state index >= 15 is 0 Å². The monoisotopic (exact) mass is 164 g/mol. The van der Waals surface area contributed by atoms with E-state index in [0.29, 0.717) is 5.41 Å². The first-order valence-electron chi connectivity index (χ1n) is 4.98. The second-order valence-electron chi connectivity index (χ2n) is 4.76. The van der Waals surface area contributed by atoms with E-state index < -0.39 is 0 Å². The molecule has 1 atom stereocenters. The molecule has 0 N–H and O–H groups in total. The molecule has 0 saturated heterocycles. The second kappa shape index (κ2) is 7.04. The van der Waals surface area contributed by atoms with Gasteiger partial charge in [0.25, 0.3) is 0 Å². The molecule has 0 amide bonds. The van der Waals surface area contributed by atoms with Gasteiger partial charge in [-0.25, -0.2) is 0 Å². The number of hydrogen-bond acceptors (Lipinski definition) is 0. The van der Waals surface area contributed by atoms with Gasteiger partial charge in [0.1, 0.15) is 0 Å². The van der Waals surface area contributed by atoms with Crippen LogP contribution < -0.4 is 18.9 Å². The largest absolute Gasteiger partial charge is 1.00 e. The summed E-state index contributed by atoms with van der Waals surface area (Å²) in [6.45, 7) is 11.6. The molecule has 0 aliphatic carbocycles. The Balaban J connectivity index is -0.000000500. The summed E-state index contributed by atoms with van der Waals surface area (Å²) < 4.78 is 0. The van der Waals surface area contributed by atoms with Crippen LogP contribution in [-0.2, 0) is 0 Å². The molecule has 0 nitrogen and oxygen atoms in total. The van der Waals surface area contributed by atoms with Gasteiger partial charge in [0, 0.05) is 0 Å². The summed E-state index contributed by atoms with van der Waals surface area (Å²) in [7, 11) is 0. The number of rotatable bonds is 4. The Labute approximate surface area is 92.2 Å². The van der Waals surface area contributed by atoms with Crippen LogP contribution in [0.25, 0.3) is 0 Å². The van der Waals surface area contributed by atoms with Crippen molar-refractivity contribution in [2.24, 2.45) is 11.3 Å². The molecule has 0 rings (SSSR count). The van der Waals surface area contributed by atoms with E-state index in [0.717, 1.165) is 5.92 Å². The van der Waals surface area contributed by atoms with Crippen molar-refractivity contribution in [3.63, 3.8) is 0 Å². The van der Waals surface area contributed by atoms with E-state index in [4.69, 9.17) is 0 Å². The van der Waals surface area contributed by atoms with Crippen molar-refractivity contribution in [2.45, 2.75) is 60.3 Å². The maximum atomic E-state index is 2.37. The van der Waals surface area contributed by atoms with Gasteiger partial charge in [0.2, 0.25) is 0 Å². The van der Waals surface area contributed by atoms with Gasteiger partial charge >= 0.3 is 18.9 Å². The third-order valence-electron chi connectivity index (χ3n) is 2.72. The van der Waals surface area contributed by atoms with Gasteiger partial charge in [0.05, 0.1) is 0 Å². The minimum absolute atomic E-state index is 0. The molecule has 0 aliphatic heterocycles. The van der Waals surface area contributed by atoms with Gasteiger partial charge in [-0.1, -0.05) is 60.3 Å². The SMILES string of the molecule is CCCCCC(C)C(C)(C)C.[H-].[Li+]. The van der Waals surface area contributed by atoms with Gasteiger partial charge in [0.15, 0.2) is 0 Å². The molecule has 1 heteroatoms. The zero-order valence-corrected chi connectivity index (χ0v) is 9.91. The quantitative estimate of drug-likeness (QED) is 0.435. The van der Waals surface area contributed by atoms with Crippen molar-refractivity contribution < 1.29 is 20.3 Å². The predicted octanol–water partition coefficient (Wildman–Crippen LogP) is 1.37. The molecule has 0 radical (unpaired) electrons. The Hall–Kier alpha value is 0.597. The molecule has 0 saturated carbocycles. The molecule has 0 bridgehead atoms. The molecule has 0 aromatic carbocycles. The third-order valence-corrected chi connectivity index (χ3v) is 2.72. The third kappa shape index (κ3) is 7.26. The Morgan fingerprint density at radius 1 is 1.17 bits per heavy atom. The molecule has 0 heterocycles. The molecule has 0 aromatic rings. The van der Waals surface area contributed by atoms with Crippen molar-refractivity contribution in [1.29, 1.82) is 0 Å². The zero-order valence-electron chi connectivity index (χ0n) is 10.9. The average molecular weight is 164 g/mol. The fourth-order valence-electron chi connectivity index (χ4n) is 1.13. The van der Waals surface area contributed by atoms with Gasteiger partial charge in [-0.05, 0) is 11.3 Å².